The van der Waals surface area contributed by atoms with Crippen LogP contribution in [0.25, 0.3) is 55.0 Å². The largest absolute Gasteiger partial charge is 2.00 e. The number of rotatable bonds is 2. The number of hydrogen-bond donors (Lipinski definition) is 1. The number of aromatic amines is 1. The Morgan fingerprint density at radius 3 is 2.21 bits per heavy atom. The van der Waals surface area contributed by atoms with Crippen molar-refractivity contribution in [3.05, 3.63) is 133 Å². The topological polar surface area (TPSA) is 51.4 Å². The second-order valence-corrected chi connectivity index (χ2v) is 9.18. The zero-order chi connectivity index (χ0) is 25.5. The maximum atomic E-state index is 4.38. The van der Waals surface area contributed by atoms with Crippen LogP contribution in [-0.4, -0.2) is 24.3 Å². The molecule has 190 valence electrons. The standard InChI is InChI=1S/C27H16N4.C6H7N.Pt/c1-3-8-24-20(6-1)21-12-11-19(16-25(21)29-24)31-26-9-4-2-7-22(26)23-13-10-18(17-27(23)31)30-15-5-14-28-30;1-6-4-2-3-5-7-6;/h1-15,29H;2-5H,1H3;/q-2;;+2. The van der Waals surface area contributed by atoms with E-state index in [2.05, 4.69) is 105 Å². The Morgan fingerprint density at radius 1 is 0.667 bits per heavy atom. The van der Waals surface area contributed by atoms with Crippen LogP contribution in [0.1, 0.15) is 5.69 Å². The van der Waals surface area contributed by atoms with Gasteiger partial charge in [0.1, 0.15) is 0 Å². The van der Waals surface area contributed by atoms with E-state index in [0.29, 0.717) is 0 Å². The number of para-hydroxylation sites is 2. The van der Waals surface area contributed by atoms with E-state index in [1.54, 1.807) is 12.4 Å². The zero-order valence-corrected chi connectivity index (χ0v) is 23.3. The Hall–Kier alpha value is -4.47. The van der Waals surface area contributed by atoms with Crippen molar-refractivity contribution in [1.29, 1.82) is 0 Å². The van der Waals surface area contributed by atoms with Gasteiger partial charge in [-0.05, 0) is 53.7 Å². The normalized spacial score (nSPS) is 11.0. The van der Waals surface area contributed by atoms with Crippen LogP contribution >= 0.6 is 0 Å². The van der Waals surface area contributed by atoms with E-state index in [1.165, 1.54) is 16.2 Å². The second kappa shape index (κ2) is 10.4. The third kappa shape index (κ3) is 4.45. The number of nitrogens with one attached hydrogen (secondary N) is 1. The fourth-order valence-electron chi connectivity index (χ4n) is 5.02. The SMILES string of the molecule is Cc1ccccn1.[Pt+2].[c-]1c(-n2c3[c-]c(-n4cccn4)ccc3c3ccccc32)ccc2c1[nH]c1ccccc12. The molecule has 0 fully saturated rings. The van der Waals surface area contributed by atoms with Gasteiger partial charge in [-0.1, -0.05) is 59.2 Å². The zero-order valence-electron chi connectivity index (χ0n) is 21.1. The molecule has 4 heterocycles. The Bertz CT molecular complexity index is 2040. The summed E-state index contributed by atoms with van der Waals surface area (Å²) in [5.41, 5.74) is 7.25. The van der Waals surface area contributed by atoms with E-state index >= 15 is 0 Å². The van der Waals surface area contributed by atoms with Crippen molar-refractivity contribution in [1.82, 2.24) is 24.3 Å². The molecule has 0 unspecified atom stereocenters. The van der Waals surface area contributed by atoms with Gasteiger partial charge in [0.25, 0.3) is 0 Å². The molecule has 0 saturated carbocycles. The number of pyridine rings is 1. The van der Waals surface area contributed by atoms with E-state index in [1.807, 2.05) is 42.1 Å². The van der Waals surface area contributed by atoms with Crippen LogP contribution in [0.3, 0.4) is 0 Å². The van der Waals surface area contributed by atoms with Gasteiger partial charge in [0.2, 0.25) is 0 Å². The summed E-state index contributed by atoms with van der Waals surface area (Å²) >= 11 is 0. The van der Waals surface area contributed by atoms with Gasteiger partial charge < -0.3 is 9.55 Å². The van der Waals surface area contributed by atoms with E-state index in [-0.39, 0.29) is 21.1 Å². The number of nitrogens with zero attached hydrogens (tertiary/aromatic N) is 4. The van der Waals surface area contributed by atoms with E-state index in [4.69, 9.17) is 0 Å². The molecule has 0 saturated heterocycles. The number of H-pyrrole nitrogens is 1. The number of aryl methyl sites for hydroxylation is 1. The molecule has 0 aliphatic carbocycles. The molecular formula is C33H23N5Pt. The Balaban J connectivity index is 0.000000304. The molecule has 0 aliphatic heterocycles. The molecule has 6 heteroatoms. The first kappa shape index (κ1) is 24.8. The Labute approximate surface area is 240 Å². The van der Waals surface area contributed by atoms with Crippen LogP contribution in [0.15, 0.2) is 116 Å². The molecule has 0 aliphatic rings. The Morgan fingerprint density at radius 2 is 1.44 bits per heavy atom. The Kier molecular flexibility index (Phi) is 6.60. The van der Waals surface area contributed by atoms with Crippen LogP contribution < -0.4 is 0 Å². The van der Waals surface area contributed by atoms with Crippen molar-refractivity contribution in [2.24, 2.45) is 0 Å². The molecule has 4 aromatic heterocycles. The maximum Gasteiger partial charge on any atom is 2.00 e. The molecule has 8 aromatic rings. The van der Waals surface area contributed by atoms with Crippen molar-refractivity contribution in [3.8, 4) is 11.4 Å². The van der Waals surface area contributed by atoms with Crippen molar-refractivity contribution in [3.63, 3.8) is 0 Å². The van der Waals surface area contributed by atoms with E-state index < -0.39 is 0 Å². The van der Waals surface area contributed by atoms with Gasteiger partial charge in [0.05, 0.1) is 0 Å². The molecule has 0 amide bonds. The fourth-order valence-corrected chi connectivity index (χ4v) is 5.02. The average Bonchev–Trinajstić information content (AvgIpc) is 3.69. The molecule has 39 heavy (non-hydrogen) atoms. The minimum atomic E-state index is 0. The molecule has 0 bridgehead atoms. The van der Waals surface area contributed by atoms with Crippen LogP contribution in [0.5, 0.6) is 0 Å². The van der Waals surface area contributed by atoms with Gasteiger partial charge in [-0.25, -0.2) is 0 Å². The van der Waals surface area contributed by atoms with Crippen molar-refractivity contribution in [2.75, 3.05) is 0 Å². The predicted molar refractivity (Wildman–Crippen MR) is 154 cm³/mol. The molecule has 8 rings (SSSR count). The minimum absolute atomic E-state index is 0. The summed E-state index contributed by atoms with van der Waals surface area (Å²) in [6.07, 6.45) is 5.51. The monoisotopic (exact) mass is 684 g/mol. The third-order valence-electron chi connectivity index (χ3n) is 6.78. The van der Waals surface area contributed by atoms with Crippen molar-refractivity contribution in [2.45, 2.75) is 6.92 Å². The van der Waals surface area contributed by atoms with E-state index in [9.17, 15) is 0 Å². The fraction of sp³-hybridized carbons (Fsp3) is 0.0303. The van der Waals surface area contributed by atoms with Gasteiger partial charge in [-0.3, -0.25) is 9.67 Å². The van der Waals surface area contributed by atoms with Crippen LogP contribution in [0.2, 0.25) is 0 Å². The van der Waals surface area contributed by atoms with Gasteiger partial charge in [0, 0.05) is 35.3 Å². The summed E-state index contributed by atoms with van der Waals surface area (Å²) in [5, 5.41) is 9.14. The summed E-state index contributed by atoms with van der Waals surface area (Å²) in [7, 11) is 0. The molecule has 1 N–H and O–H groups in total. The minimum Gasteiger partial charge on any atom is -0.378 e. The molecule has 0 atom stereocenters. The summed E-state index contributed by atoms with van der Waals surface area (Å²) < 4.78 is 4.08. The summed E-state index contributed by atoms with van der Waals surface area (Å²) in [6.45, 7) is 1.97. The average molecular weight is 685 g/mol. The summed E-state index contributed by atoms with van der Waals surface area (Å²) in [5.74, 6) is 0. The van der Waals surface area contributed by atoms with Crippen LogP contribution in [-0.2, 0) is 21.1 Å². The molecule has 4 aromatic carbocycles. The third-order valence-corrected chi connectivity index (χ3v) is 6.78. The first-order chi connectivity index (χ1) is 18.8. The smallest absolute Gasteiger partial charge is 0.378 e. The summed E-state index contributed by atoms with van der Waals surface area (Å²) in [4.78, 5) is 7.50. The van der Waals surface area contributed by atoms with E-state index in [0.717, 1.165) is 44.5 Å². The number of aromatic nitrogens is 5. The first-order valence-corrected chi connectivity index (χ1v) is 12.5. The number of fused-ring (bicyclic) bond motifs is 6. The van der Waals surface area contributed by atoms with Crippen molar-refractivity contribution < 1.29 is 21.1 Å². The van der Waals surface area contributed by atoms with Gasteiger partial charge in [-0.15, -0.1) is 35.0 Å². The maximum absolute atomic E-state index is 4.38. The molecule has 5 nitrogen and oxygen atoms in total. The molecular weight excluding hydrogens is 661 g/mol. The van der Waals surface area contributed by atoms with Gasteiger partial charge in [0.15, 0.2) is 0 Å². The van der Waals surface area contributed by atoms with Crippen LogP contribution in [0.4, 0.5) is 0 Å². The van der Waals surface area contributed by atoms with Crippen LogP contribution in [0, 0.1) is 19.1 Å². The predicted octanol–water partition coefficient (Wildman–Crippen LogP) is 7.59. The number of hydrogen-bond acceptors (Lipinski definition) is 2. The first-order valence-electron chi connectivity index (χ1n) is 12.5. The molecule has 0 radical (unpaired) electrons. The van der Waals surface area contributed by atoms with Gasteiger partial charge in [-0.2, -0.15) is 17.2 Å². The quantitative estimate of drug-likeness (QED) is 0.191. The number of benzene rings is 4. The molecule has 0 spiro atoms. The summed E-state index contributed by atoms with van der Waals surface area (Å²) in [6, 6.07) is 40.4. The second-order valence-electron chi connectivity index (χ2n) is 9.18. The van der Waals surface area contributed by atoms with Crippen molar-refractivity contribution >= 4 is 43.6 Å². The van der Waals surface area contributed by atoms with Gasteiger partial charge >= 0.3 is 21.1 Å².